The summed E-state index contributed by atoms with van der Waals surface area (Å²) in [6, 6.07) is 6.27. The molecule has 0 atom stereocenters. The maximum atomic E-state index is 13.6. The molecule has 6 rings (SSSR count). The van der Waals surface area contributed by atoms with Gasteiger partial charge in [-0.15, -0.1) is 11.3 Å². The van der Waals surface area contributed by atoms with Crippen molar-refractivity contribution in [3.8, 4) is 5.13 Å². The minimum Gasteiger partial charge on any atom is -0.324 e. The Bertz CT molecular complexity index is 1420. The van der Waals surface area contributed by atoms with E-state index in [1.807, 2.05) is 18.4 Å². The van der Waals surface area contributed by atoms with E-state index in [0.717, 1.165) is 43.7 Å². The molecule has 10 heteroatoms. The molecule has 2 aliphatic rings. The van der Waals surface area contributed by atoms with E-state index in [2.05, 4.69) is 27.8 Å². The summed E-state index contributed by atoms with van der Waals surface area (Å²) in [6.45, 7) is 3.80. The summed E-state index contributed by atoms with van der Waals surface area (Å²) in [5.41, 5.74) is 4.15. The second-order valence-corrected chi connectivity index (χ2v) is 9.56. The first-order valence-corrected chi connectivity index (χ1v) is 12.1. The molecule has 8 nitrogen and oxygen atoms in total. The highest BCUT2D eigenvalue weighted by Gasteiger charge is 2.46. The van der Waals surface area contributed by atoms with Crippen LogP contribution in [-0.4, -0.2) is 37.5 Å². The van der Waals surface area contributed by atoms with Crippen LogP contribution in [-0.2, 0) is 24.9 Å². The molecule has 4 aromatic rings. The molecule has 1 aromatic carbocycles. The SMILES string of the molecule is CCn1c(=O)c2cnc(Nc3ccc4c(c3)CNCC4)nc2n1-c1nc(C2(CF)CC2)cs1. The molecular weight excluding hydrogens is 441 g/mol. The fourth-order valence-corrected chi connectivity index (χ4v) is 5.43. The Balaban J connectivity index is 1.41. The predicted molar refractivity (Wildman–Crippen MR) is 126 cm³/mol. The smallest absolute Gasteiger partial charge is 0.278 e. The molecule has 1 saturated carbocycles. The molecule has 1 fully saturated rings. The van der Waals surface area contributed by atoms with Gasteiger partial charge in [-0.05, 0) is 56.0 Å². The number of nitrogens with one attached hydrogen (secondary N) is 2. The molecular formula is C23H24FN7OS. The summed E-state index contributed by atoms with van der Waals surface area (Å²) in [5.74, 6) is 0.410. The second kappa shape index (κ2) is 7.74. The monoisotopic (exact) mass is 465 g/mol. The summed E-state index contributed by atoms with van der Waals surface area (Å²) in [4.78, 5) is 26.8. The van der Waals surface area contributed by atoms with Crippen molar-refractivity contribution in [2.45, 2.75) is 44.7 Å². The lowest BCUT2D eigenvalue weighted by Gasteiger charge is -2.18. The van der Waals surface area contributed by atoms with Gasteiger partial charge in [0.1, 0.15) is 12.1 Å². The Hall–Kier alpha value is -3.11. The number of benzene rings is 1. The van der Waals surface area contributed by atoms with E-state index in [-0.39, 0.29) is 5.56 Å². The number of thiazole rings is 1. The molecule has 0 amide bonds. The topological polar surface area (TPSA) is 89.7 Å². The van der Waals surface area contributed by atoms with Gasteiger partial charge < -0.3 is 10.6 Å². The summed E-state index contributed by atoms with van der Waals surface area (Å²) in [6.07, 6.45) is 4.21. The second-order valence-electron chi connectivity index (χ2n) is 8.73. The van der Waals surface area contributed by atoms with Crippen molar-refractivity contribution in [1.82, 2.24) is 29.6 Å². The molecule has 3 aromatic heterocycles. The minimum absolute atomic E-state index is 0.165. The first-order valence-electron chi connectivity index (χ1n) is 11.2. The van der Waals surface area contributed by atoms with Crippen LogP contribution in [0.15, 0.2) is 34.6 Å². The van der Waals surface area contributed by atoms with Gasteiger partial charge in [-0.25, -0.2) is 19.3 Å². The Morgan fingerprint density at radius 3 is 2.94 bits per heavy atom. The van der Waals surface area contributed by atoms with Gasteiger partial charge in [-0.3, -0.25) is 9.18 Å². The molecule has 0 saturated heterocycles. The van der Waals surface area contributed by atoms with Crippen molar-refractivity contribution in [1.29, 1.82) is 0 Å². The zero-order valence-corrected chi connectivity index (χ0v) is 19.1. The number of hydrogen-bond donors (Lipinski definition) is 2. The number of aromatic nitrogens is 5. The average Bonchev–Trinajstić information content (AvgIpc) is 3.40. The van der Waals surface area contributed by atoms with Crippen molar-refractivity contribution in [3.63, 3.8) is 0 Å². The third-order valence-corrected chi connectivity index (χ3v) is 7.47. The van der Waals surface area contributed by atoms with Gasteiger partial charge in [0.2, 0.25) is 11.1 Å². The number of fused-ring (bicyclic) bond motifs is 2. The lowest BCUT2D eigenvalue weighted by Crippen LogP contribution is -2.23. The van der Waals surface area contributed by atoms with E-state index in [4.69, 9.17) is 9.97 Å². The quantitative estimate of drug-likeness (QED) is 0.453. The molecule has 0 unspecified atom stereocenters. The van der Waals surface area contributed by atoms with Crippen LogP contribution in [0.4, 0.5) is 16.0 Å². The van der Waals surface area contributed by atoms with E-state index >= 15 is 0 Å². The van der Waals surface area contributed by atoms with E-state index < -0.39 is 12.1 Å². The molecule has 4 heterocycles. The normalized spacial score (nSPS) is 16.7. The molecule has 0 bridgehead atoms. The van der Waals surface area contributed by atoms with E-state index in [1.54, 1.807) is 15.6 Å². The number of hydrogen-bond acceptors (Lipinski definition) is 7. The summed E-state index contributed by atoms with van der Waals surface area (Å²) in [5, 5.41) is 9.62. The minimum atomic E-state index is -0.446. The van der Waals surface area contributed by atoms with Crippen molar-refractivity contribution in [2.75, 3.05) is 18.5 Å². The van der Waals surface area contributed by atoms with Crippen LogP contribution in [0.2, 0.25) is 0 Å². The van der Waals surface area contributed by atoms with Crippen molar-refractivity contribution < 1.29 is 4.39 Å². The highest BCUT2D eigenvalue weighted by atomic mass is 32.1. The van der Waals surface area contributed by atoms with E-state index in [1.165, 1.54) is 22.5 Å². The van der Waals surface area contributed by atoms with Gasteiger partial charge in [0.05, 0.1) is 5.69 Å². The third-order valence-electron chi connectivity index (χ3n) is 6.65. The van der Waals surface area contributed by atoms with Crippen LogP contribution in [0.5, 0.6) is 0 Å². The highest BCUT2D eigenvalue weighted by molar-refractivity contribution is 7.12. The molecule has 2 N–H and O–H groups in total. The Morgan fingerprint density at radius 2 is 2.15 bits per heavy atom. The van der Waals surface area contributed by atoms with Crippen molar-refractivity contribution in [3.05, 3.63) is 57.0 Å². The first-order chi connectivity index (χ1) is 16.1. The maximum Gasteiger partial charge on any atom is 0.278 e. The van der Waals surface area contributed by atoms with Gasteiger partial charge in [-0.1, -0.05) is 6.07 Å². The Kier molecular flexibility index (Phi) is 4.81. The highest BCUT2D eigenvalue weighted by Crippen LogP contribution is 2.48. The fraction of sp³-hybridized carbons (Fsp3) is 0.391. The molecule has 170 valence electrons. The Morgan fingerprint density at radius 1 is 1.27 bits per heavy atom. The number of anilines is 2. The van der Waals surface area contributed by atoms with Crippen LogP contribution in [0.25, 0.3) is 16.2 Å². The van der Waals surface area contributed by atoms with Crippen molar-refractivity contribution in [2.24, 2.45) is 0 Å². The fourth-order valence-electron chi connectivity index (χ4n) is 4.47. The summed E-state index contributed by atoms with van der Waals surface area (Å²) >= 11 is 1.41. The van der Waals surface area contributed by atoms with Crippen LogP contribution >= 0.6 is 11.3 Å². The zero-order valence-electron chi connectivity index (χ0n) is 18.3. The number of halogens is 1. The zero-order chi connectivity index (χ0) is 22.6. The third kappa shape index (κ3) is 3.36. The average molecular weight is 466 g/mol. The molecule has 0 radical (unpaired) electrons. The Labute approximate surface area is 193 Å². The van der Waals surface area contributed by atoms with Gasteiger partial charge in [0, 0.05) is 35.8 Å². The van der Waals surface area contributed by atoms with Crippen LogP contribution in [0, 0.1) is 0 Å². The maximum absolute atomic E-state index is 13.6. The van der Waals surface area contributed by atoms with Crippen LogP contribution in [0.1, 0.15) is 36.6 Å². The predicted octanol–water partition coefficient (Wildman–Crippen LogP) is 3.45. The number of rotatable bonds is 6. The molecule has 0 spiro atoms. The van der Waals surface area contributed by atoms with E-state index in [0.29, 0.717) is 28.7 Å². The number of alkyl halides is 1. The van der Waals surface area contributed by atoms with Crippen LogP contribution < -0.4 is 16.2 Å². The molecule has 1 aliphatic carbocycles. The summed E-state index contributed by atoms with van der Waals surface area (Å²) in [7, 11) is 0. The molecule has 33 heavy (non-hydrogen) atoms. The number of nitrogens with zero attached hydrogens (tertiary/aromatic N) is 5. The summed E-state index contributed by atoms with van der Waals surface area (Å²) < 4.78 is 16.9. The van der Waals surface area contributed by atoms with Gasteiger partial charge >= 0.3 is 0 Å². The molecule has 1 aliphatic heterocycles. The van der Waals surface area contributed by atoms with E-state index in [9.17, 15) is 9.18 Å². The lowest BCUT2D eigenvalue weighted by molar-refractivity contribution is 0.412. The van der Waals surface area contributed by atoms with Crippen LogP contribution in [0.3, 0.4) is 0 Å². The van der Waals surface area contributed by atoms with Crippen molar-refractivity contribution >= 4 is 34.0 Å². The lowest BCUT2D eigenvalue weighted by atomic mass is 10.0. The van der Waals surface area contributed by atoms with Gasteiger partial charge in [0.15, 0.2) is 5.65 Å². The van der Waals surface area contributed by atoms with Gasteiger partial charge in [-0.2, -0.15) is 4.98 Å². The standard InChI is InChI=1S/C23H24FN7OS/c1-2-30-20(32)17-11-26-21(27-16-4-3-14-5-8-25-10-15(14)9-16)29-19(17)31(30)22-28-18(12-33-22)23(13-24)6-7-23/h3-4,9,11-12,25H,2,5-8,10,13H2,1H3,(H,26,27,29). The first kappa shape index (κ1) is 20.5. The van der Waals surface area contributed by atoms with Gasteiger partial charge in [0.25, 0.3) is 5.56 Å². The largest absolute Gasteiger partial charge is 0.324 e.